The minimum atomic E-state index is -0.697. The molecule has 0 saturated heterocycles. The van der Waals surface area contributed by atoms with Gasteiger partial charge < -0.3 is 4.84 Å². The Balaban J connectivity index is 0.00000261. The van der Waals surface area contributed by atoms with Gasteiger partial charge in [0.1, 0.15) is 18.4 Å². The van der Waals surface area contributed by atoms with Crippen LogP contribution >= 0.6 is 47.2 Å². The summed E-state index contributed by atoms with van der Waals surface area (Å²) in [6.07, 6.45) is 2.93. The summed E-state index contributed by atoms with van der Waals surface area (Å²) in [4.78, 5) is 21.2. The smallest absolute Gasteiger partial charge is 0.312 e. The zero-order chi connectivity index (χ0) is 18.5. The van der Waals surface area contributed by atoms with Gasteiger partial charge in [0.2, 0.25) is 0 Å². The summed E-state index contributed by atoms with van der Waals surface area (Å²) in [5.74, 6) is -0.697. The molecule has 2 aromatic carbocycles. The second kappa shape index (κ2) is 9.71. The van der Waals surface area contributed by atoms with Crippen molar-refractivity contribution in [3.63, 3.8) is 0 Å². The molecule has 0 aliphatic heterocycles. The van der Waals surface area contributed by atoms with Crippen LogP contribution in [0.1, 0.15) is 15.9 Å². The molecule has 1 aromatic heterocycles. The molecule has 0 aliphatic rings. The highest BCUT2D eigenvalue weighted by Crippen LogP contribution is 2.22. The lowest BCUT2D eigenvalue weighted by atomic mass is 10.1. The standard InChI is InChI=1S/C17H11Cl3N4O2.ClH/c18-12-3-1-11(2-4-12)16(8-24-10-21-9-22-24)23-26-17(25)14-6-5-13(19)7-15(14)20;/h1-7,9-10H,8H2;1H. The van der Waals surface area contributed by atoms with E-state index in [2.05, 4.69) is 15.2 Å². The predicted octanol–water partition coefficient (Wildman–Crippen LogP) is 4.92. The summed E-state index contributed by atoms with van der Waals surface area (Å²) >= 11 is 17.8. The van der Waals surface area contributed by atoms with E-state index in [0.717, 1.165) is 5.56 Å². The van der Waals surface area contributed by atoms with Gasteiger partial charge >= 0.3 is 5.97 Å². The molecule has 0 spiro atoms. The zero-order valence-electron chi connectivity index (χ0n) is 13.6. The van der Waals surface area contributed by atoms with Crippen molar-refractivity contribution in [3.8, 4) is 0 Å². The van der Waals surface area contributed by atoms with Crippen LogP contribution in [0.15, 0.2) is 60.3 Å². The summed E-state index contributed by atoms with van der Waals surface area (Å²) in [7, 11) is 0. The van der Waals surface area contributed by atoms with Gasteiger partial charge in [-0.3, -0.25) is 0 Å². The van der Waals surface area contributed by atoms with Crippen molar-refractivity contribution in [1.29, 1.82) is 0 Å². The van der Waals surface area contributed by atoms with Crippen molar-refractivity contribution in [1.82, 2.24) is 14.8 Å². The van der Waals surface area contributed by atoms with Gasteiger partial charge in [0.15, 0.2) is 0 Å². The maximum atomic E-state index is 12.3. The van der Waals surface area contributed by atoms with E-state index in [0.29, 0.717) is 15.8 Å². The van der Waals surface area contributed by atoms with Crippen molar-refractivity contribution in [3.05, 3.63) is 81.3 Å². The van der Waals surface area contributed by atoms with Crippen molar-refractivity contribution < 1.29 is 9.63 Å². The summed E-state index contributed by atoms with van der Waals surface area (Å²) in [5.41, 5.74) is 1.35. The molecule has 27 heavy (non-hydrogen) atoms. The Bertz CT molecular complexity index is 944. The molecular weight excluding hydrogens is 434 g/mol. The first-order valence-corrected chi connectivity index (χ1v) is 8.48. The summed E-state index contributed by atoms with van der Waals surface area (Å²) in [5, 5.41) is 9.20. The second-order valence-corrected chi connectivity index (χ2v) is 6.42. The Labute approximate surface area is 176 Å². The van der Waals surface area contributed by atoms with Crippen LogP contribution in [0.3, 0.4) is 0 Å². The zero-order valence-corrected chi connectivity index (χ0v) is 16.6. The summed E-state index contributed by atoms with van der Waals surface area (Å²) < 4.78 is 1.55. The Morgan fingerprint density at radius 3 is 2.41 bits per heavy atom. The third-order valence-electron chi connectivity index (χ3n) is 3.35. The Morgan fingerprint density at radius 2 is 1.78 bits per heavy atom. The number of aromatic nitrogens is 3. The molecule has 0 bridgehead atoms. The molecule has 1 heterocycles. The first-order valence-electron chi connectivity index (χ1n) is 7.34. The molecule has 0 radical (unpaired) electrons. The van der Waals surface area contributed by atoms with Crippen LogP contribution < -0.4 is 0 Å². The lowest BCUT2D eigenvalue weighted by Crippen LogP contribution is -2.14. The highest BCUT2D eigenvalue weighted by atomic mass is 35.5. The number of benzene rings is 2. The Hall–Kier alpha value is -2.12. The van der Waals surface area contributed by atoms with E-state index in [1.54, 1.807) is 35.0 Å². The third-order valence-corrected chi connectivity index (χ3v) is 4.15. The molecular formula is C17H12Cl4N4O2. The van der Waals surface area contributed by atoms with Gasteiger partial charge in [-0.05, 0) is 30.3 Å². The molecule has 10 heteroatoms. The molecule has 0 unspecified atom stereocenters. The molecule has 0 aliphatic carbocycles. The lowest BCUT2D eigenvalue weighted by molar-refractivity contribution is 0.0515. The summed E-state index contributed by atoms with van der Waals surface area (Å²) in [6.45, 7) is 0.253. The van der Waals surface area contributed by atoms with Crippen molar-refractivity contribution in [2.45, 2.75) is 6.54 Å². The second-order valence-electron chi connectivity index (χ2n) is 5.14. The van der Waals surface area contributed by atoms with Crippen LogP contribution in [0.2, 0.25) is 15.1 Å². The minimum absolute atomic E-state index is 0. The number of carbonyl (C=O) groups is 1. The minimum Gasteiger partial charge on any atom is -0.312 e. The average molecular weight is 446 g/mol. The fourth-order valence-corrected chi connectivity index (χ4v) is 2.70. The molecule has 3 rings (SSSR count). The van der Waals surface area contributed by atoms with Gasteiger partial charge in [-0.25, -0.2) is 14.5 Å². The number of oxime groups is 1. The maximum absolute atomic E-state index is 12.3. The highest BCUT2D eigenvalue weighted by Gasteiger charge is 2.14. The van der Waals surface area contributed by atoms with Gasteiger partial charge in [-0.2, -0.15) is 5.10 Å². The number of nitrogens with zero attached hydrogens (tertiary/aromatic N) is 4. The van der Waals surface area contributed by atoms with Gasteiger partial charge in [-0.1, -0.05) is 52.1 Å². The first kappa shape index (κ1) is 21.2. The van der Waals surface area contributed by atoms with Crippen molar-refractivity contribution >= 4 is 58.9 Å². The molecule has 0 N–H and O–H groups in total. The van der Waals surface area contributed by atoms with Gasteiger partial charge in [0.25, 0.3) is 0 Å². The Morgan fingerprint density at radius 1 is 1.07 bits per heavy atom. The van der Waals surface area contributed by atoms with Crippen LogP contribution in [0, 0.1) is 0 Å². The summed E-state index contributed by atoms with van der Waals surface area (Å²) in [6, 6.07) is 11.4. The molecule has 140 valence electrons. The van der Waals surface area contributed by atoms with Crippen LogP contribution in [0.5, 0.6) is 0 Å². The monoisotopic (exact) mass is 444 g/mol. The molecule has 0 saturated carbocycles. The number of hydrogen-bond acceptors (Lipinski definition) is 5. The van der Waals surface area contributed by atoms with E-state index >= 15 is 0 Å². The molecule has 0 atom stereocenters. The fourth-order valence-electron chi connectivity index (χ4n) is 2.08. The number of halogens is 4. The van der Waals surface area contributed by atoms with E-state index < -0.39 is 5.97 Å². The van der Waals surface area contributed by atoms with Crippen LogP contribution in [0.4, 0.5) is 0 Å². The SMILES string of the molecule is Cl.O=C(ON=C(Cn1cncn1)c1ccc(Cl)cc1)c1ccc(Cl)cc1Cl. The number of hydrogen-bond donors (Lipinski definition) is 0. The van der Waals surface area contributed by atoms with E-state index in [1.165, 1.54) is 24.8 Å². The van der Waals surface area contributed by atoms with E-state index in [-0.39, 0.29) is 29.5 Å². The predicted molar refractivity (Wildman–Crippen MR) is 107 cm³/mol. The molecule has 6 nitrogen and oxygen atoms in total. The van der Waals surface area contributed by atoms with Gasteiger partial charge in [0, 0.05) is 15.6 Å². The van der Waals surface area contributed by atoms with Gasteiger partial charge in [-0.15, -0.1) is 12.4 Å². The highest BCUT2D eigenvalue weighted by molar-refractivity contribution is 6.36. The van der Waals surface area contributed by atoms with Crippen molar-refractivity contribution in [2.75, 3.05) is 0 Å². The normalized spacial score (nSPS) is 11.0. The average Bonchev–Trinajstić information content (AvgIpc) is 3.12. The topological polar surface area (TPSA) is 69.4 Å². The maximum Gasteiger partial charge on any atom is 0.367 e. The van der Waals surface area contributed by atoms with Crippen LogP contribution in [0.25, 0.3) is 0 Å². The Kier molecular flexibility index (Phi) is 7.62. The quantitative estimate of drug-likeness (QED) is 0.317. The molecule has 3 aromatic rings. The molecule has 0 fully saturated rings. The van der Waals surface area contributed by atoms with E-state index in [9.17, 15) is 4.79 Å². The number of rotatable bonds is 5. The molecule has 0 amide bonds. The largest absolute Gasteiger partial charge is 0.367 e. The lowest BCUT2D eigenvalue weighted by Gasteiger charge is -2.07. The number of carbonyl (C=O) groups excluding carboxylic acids is 1. The fraction of sp³-hybridized carbons (Fsp3) is 0.0588. The third kappa shape index (κ3) is 5.68. The first-order chi connectivity index (χ1) is 12.5. The van der Waals surface area contributed by atoms with Crippen LogP contribution in [-0.2, 0) is 11.4 Å². The van der Waals surface area contributed by atoms with Crippen LogP contribution in [-0.4, -0.2) is 26.4 Å². The van der Waals surface area contributed by atoms with Gasteiger partial charge in [0.05, 0.1) is 17.1 Å². The van der Waals surface area contributed by atoms with E-state index in [4.69, 9.17) is 39.6 Å². The van der Waals surface area contributed by atoms with E-state index in [1.807, 2.05) is 0 Å². The van der Waals surface area contributed by atoms with Crippen molar-refractivity contribution in [2.24, 2.45) is 5.16 Å².